The topological polar surface area (TPSA) is 61.8 Å². The highest BCUT2D eigenvalue weighted by atomic mass is 16.6. The Hall–Kier alpha value is -2.66. The number of carbonyl (C=O) groups excluding carboxylic acids is 2. The van der Waals surface area contributed by atoms with Crippen molar-refractivity contribution in [1.29, 1.82) is 0 Å². The Balaban J connectivity index is 1.86. The van der Waals surface area contributed by atoms with Gasteiger partial charge in [-0.1, -0.05) is 42.5 Å². The molecular weight excluding hydrogens is 308 g/mol. The van der Waals surface area contributed by atoms with E-state index in [1.807, 2.05) is 24.3 Å². The first kappa shape index (κ1) is 17.7. The number of carbonyl (C=O) groups is 2. The molecule has 0 unspecified atom stereocenters. The molecule has 0 aromatic heterocycles. The summed E-state index contributed by atoms with van der Waals surface area (Å²) in [5, 5.41) is 0. The van der Waals surface area contributed by atoms with E-state index in [0.29, 0.717) is 36.7 Å². The second kappa shape index (κ2) is 9.47. The van der Waals surface area contributed by atoms with Crippen LogP contribution in [0.25, 0.3) is 0 Å². The molecule has 0 saturated carbocycles. The van der Waals surface area contributed by atoms with Gasteiger partial charge in [0.05, 0.1) is 18.8 Å². The highest BCUT2D eigenvalue weighted by Crippen LogP contribution is 2.21. The summed E-state index contributed by atoms with van der Waals surface area (Å²) >= 11 is 0. The average Bonchev–Trinajstić information content (AvgIpc) is 2.61. The molecule has 24 heavy (non-hydrogen) atoms. The smallest absolute Gasteiger partial charge is 0.302 e. The van der Waals surface area contributed by atoms with Crippen LogP contribution in [0.5, 0.6) is 5.75 Å². The van der Waals surface area contributed by atoms with Crippen LogP contribution < -0.4 is 4.74 Å². The standard InChI is InChI=1S/C19H20O5/c1-15(20)23-13-11-22-12-14-24-18-10-6-5-9-17(18)19(21)16-7-3-2-4-8-16/h2-10H,11-14H2,1H3. The van der Waals surface area contributed by atoms with Crippen molar-refractivity contribution in [3.63, 3.8) is 0 Å². The Bertz CT molecular complexity index is 666. The summed E-state index contributed by atoms with van der Waals surface area (Å²) in [5.74, 6) is 0.111. The molecule has 0 fully saturated rings. The molecule has 2 aromatic rings. The van der Waals surface area contributed by atoms with Gasteiger partial charge in [0.25, 0.3) is 0 Å². The van der Waals surface area contributed by atoms with Gasteiger partial charge < -0.3 is 14.2 Å². The van der Waals surface area contributed by atoms with Crippen molar-refractivity contribution in [2.24, 2.45) is 0 Å². The minimum absolute atomic E-state index is 0.0815. The van der Waals surface area contributed by atoms with Crippen LogP contribution in [0.2, 0.25) is 0 Å². The van der Waals surface area contributed by atoms with Crippen molar-refractivity contribution < 1.29 is 23.8 Å². The minimum atomic E-state index is -0.330. The van der Waals surface area contributed by atoms with Crippen LogP contribution in [-0.4, -0.2) is 38.2 Å². The minimum Gasteiger partial charge on any atom is -0.490 e. The molecule has 0 aliphatic heterocycles. The van der Waals surface area contributed by atoms with E-state index in [9.17, 15) is 9.59 Å². The number of ether oxygens (including phenoxy) is 3. The molecule has 0 saturated heterocycles. The molecule has 0 spiro atoms. The molecular formula is C19H20O5. The van der Waals surface area contributed by atoms with Crippen LogP contribution in [0.1, 0.15) is 22.8 Å². The van der Waals surface area contributed by atoms with Crippen LogP contribution in [0.3, 0.4) is 0 Å². The van der Waals surface area contributed by atoms with E-state index < -0.39 is 0 Å². The lowest BCUT2D eigenvalue weighted by atomic mass is 10.0. The Morgan fingerprint density at radius 1 is 0.833 bits per heavy atom. The highest BCUT2D eigenvalue weighted by Gasteiger charge is 2.13. The fourth-order valence-electron chi connectivity index (χ4n) is 2.08. The SMILES string of the molecule is CC(=O)OCCOCCOc1ccccc1C(=O)c1ccccc1. The number of ketones is 1. The Morgan fingerprint density at radius 3 is 2.25 bits per heavy atom. The summed E-state index contributed by atoms with van der Waals surface area (Å²) in [6.07, 6.45) is 0. The number of benzene rings is 2. The third-order valence-corrected chi connectivity index (χ3v) is 3.19. The van der Waals surface area contributed by atoms with E-state index in [1.165, 1.54) is 6.92 Å². The van der Waals surface area contributed by atoms with Gasteiger partial charge in [0, 0.05) is 12.5 Å². The van der Waals surface area contributed by atoms with E-state index >= 15 is 0 Å². The summed E-state index contributed by atoms with van der Waals surface area (Å²) in [4.78, 5) is 23.1. The molecule has 0 amide bonds. The van der Waals surface area contributed by atoms with E-state index in [0.717, 1.165) is 0 Å². The van der Waals surface area contributed by atoms with Crippen molar-refractivity contribution in [1.82, 2.24) is 0 Å². The van der Waals surface area contributed by atoms with E-state index in [1.54, 1.807) is 30.3 Å². The first-order chi connectivity index (χ1) is 11.7. The lowest BCUT2D eigenvalue weighted by Gasteiger charge is -2.11. The zero-order valence-electron chi connectivity index (χ0n) is 13.6. The van der Waals surface area contributed by atoms with E-state index in [-0.39, 0.29) is 18.4 Å². The first-order valence-electron chi connectivity index (χ1n) is 7.71. The number of hydrogen-bond acceptors (Lipinski definition) is 5. The Morgan fingerprint density at radius 2 is 1.50 bits per heavy atom. The fraction of sp³-hybridized carbons (Fsp3) is 0.263. The molecule has 0 atom stereocenters. The zero-order valence-corrected chi connectivity index (χ0v) is 13.6. The van der Waals surface area contributed by atoms with Crippen LogP contribution in [0, 0.1) is 0 Å². The van der Waals surface area contributed by atoms with Crippen LogP contribution in [-0.2, 0) is 14.3 Å². The second-order valence-corrected chi connectivity index (χ2v) is 4.99. The summed E-state index contributed by atoms with van der Waals surface area (Å²) < 4.78 is 15.7. The number of rotatable bonds is 9. The second-order valence-electron chi connectivity index (χ2n) is 4.99. The molecule has 0 aliphatic carbocycles. The molecule has 5 nitrogen and oxygen atoms in total. The van der Waals surface area contributed by atoms with Crippen LogP contribution >= 0.6 is 0 Å². The normalized spacial score (nSPS) is 10.2. The van der Waals surface area contributed by atoms with Gasteiger partial charge in [-0.25, -0.2) is 0 Å². The van der Waals surface area contributed by atoms with Crippen molar-refractivity contribution in [2.75, 3.05) is 26.4 Å². The van der Waals surface area contributed by atoms with Gasteiger partial charge in [0.2, 0.25) is 0 Å². The molecule has 0 heterocycles. The van der Waals surface area contributed by atoms with E-state index in [2.05, 4.69) is 0 Å². The summed E-state index contributed by atoms with van der Waals surface area (Å²) in [6, 6.07) is 16.2. The monoisotopic (exact) mass is 328 g/mol. The van der Waals surface area contributed by atoms with Crippen molar-refractivity contribution in [3.05, 3.63) is 65.7 Å². The molecule has 0 bridgehead atoms. The van der Waals surface area contributed by atoms with Gasteiger partial charge in [0.1, 0.15) is 19.0 Å². The molecule has 0 N–H and O–H groups in total. The molecule has 0 aliphatic rings. The number of esters is 1. The Kier molecular flexibility index (Phi) is 6.98. The van der Waals surface area contributed by atoms with Gasteiger partial charge in [-0.2, -0.15) is 0 Å². The fourth-order valence-corrected chi connectivity index (χ4v) is 2.08. The summed E-state index contributed by atoms with van der Waals surface area (Å²) in [5.41, 5.74) is 1.13. The maximum atomic E-state index is 12.5. The predicted octanol–water partition coefficient (Wildman–Crippen LogP) is 2.88. The van der Waals surface area contributed by atoms with E-state index in [4.69, 9.17) is 14.2 Å². The zero-order chi connectivity index (χ0) is 17.2. The van der Waals surface area contributed by atoms with Crippen LogP contribution in [0.15, 0.2) is 54.6 Å². The van der Waals surface area contributed by atoms with Crippen molar-refractivity contribution in [3.8, 4) is 5.75 Å². The third kappa shape index (κ3) is 5.52. The quantitative estimate of drug-likeness (QED) is 0.402. The average molecular weight is 328 g/mol. The highest BCUT2D eigenvalue weighted by molar-refractivity contribution is 6.10. The largest absolute Gasteiger partial charge is 0.490 e. The molecule has 2 rings (SSSR count). The maximum Gasteiger partial charge on any atom is 0.302 e. The van der Waals surface area contributed by atoms with Gasteiger partial charge in [-0.3, -0.25) is 9.59 Å². The predicted molar refractivity (Wildman–Crippen MR) is 89.3 cm³/mol. The van der Waals surface area contributed by atoms with Crippen LogP contribution in [0.4, 0.5) is 0 Å². The summed E-state index contributed by atoms with van der Waals surface area (Å²) in [6.45, 7) is 2.53. The van der Waals surface area contributed by atoms with Crippen molar-refractivity contribution in [2.45, 2.75) is 6.92 Å². The number of hydrogen-bond donors (Lipinski definition) is 0. The van der Waals surface area contributed by atoms with Gasteiger partial charge in [0.15, 0.2) is 5.78 Å². The lowest BCUT2D eigenvalue weighted by Crippen LogP contribution is -2.13. The first-order valence-corrected chi connectivity index (χ1v) is 7.71. The molecule has 126 valence electrons. The Labute approximate surface area is 141 Å². The summed E-state index contributed by atoms with van der Waals surface area (Å²) in [7, 11) is 0. The maximum absolute atomic E-state index is 12.5. The molecule has 0 radical (unpaired) electrons. The van der Waals surface area contributed by atoms with Gasteiger partial charge in [-0.05, 0) is 12.1 Å². The van der Waals surface area contributed by atoms with Crippen molar-refractivity contribution >= 4 is 11.8 Å². The molecule has 2 aromatic carbocycles. The lowest BCUT2D eigenvalue weighted by molar-refractivity contribution is -0.142. The molecule has 5 heteroatoms. The van der Waals surface area contributed by atoms with Gasteiger partial charge in [-0.15, -0.1) is 0 Å². The third-order valence-electron chi connectivity index (χ3n) is 3.19. The number of para-hydroxylation sites is 1. The van der Waals surface area contributed by atoms with Gasteiger partial charge >= 0.3 is 5.97 Å².